The van der Waals surface area contributed by atoms with E-state index >= 15 is 0 Å². The maximum absolute atomic E-state index is 13.0. The second kappa shape index (κ2) is 5.79. The minimum atomic E-state index is -4.89. The minimum absolute atomic E-state index is 0.104. The van der Waals surface area contributed by atoms with E-state index in [1.807, 2.05) is 0 Å². The summed E-state index contributed by atoms with van der Waals surface area (Å²) in [6, 6.07) is 6.66. The first-order valence-corrected chi connectivity index (χ1v) is 7.19. The fourth-order valence-corrected chi connectivity index (χ4v) is 2.57. The van der Waals surface area contributed by atoms with Crippen LogP contribution in [-0.4, -0.2) is 17.5 Å². The first-order valence-electron chi connectivity index (χ1n) is 7.19. The first kappa shape index (κ1) is 17.3. The predicted molar refractivity (Wildman–Crippen MR) is 78.2 cm³/mol. The van der Waals surface area contributed by atoms with Crippen molar-refractivity contribution in [3.63, 3.8) is 0 Å². The van der Waals surface area contributed by atoms with Gasteiger partial charge in [0.05, 0.1) is 16.7 Å². The Morgan fingerprint density at radius 1 is 0.920 bits per heavy atom. The molecule has 0 unspecified atom stereocenters. The predicted octanol–water partition coefficient (Wildman–Crippen LogP) is 5.15. The molecule has 1 aliphatic rings. The zero-order valence-electron chi connectivity index (χ0n) is 12.9. The van der Waals surface area contributed by atoms with Crippen molar-refractivity contribution in [3.8, 4) is 5.75 Å². The van der Waals surface area contributed by atoms with E-state index in [0.29, 0.717) is 23.4 Å². The molecule has 2 nitrogen and oxygen atoms in total. The Balaban J connectivity index is 2.14. The topological polar surface area (TPSA) is 12.2 Å². The van der Waals surface area contributed by atoms with Gasteiger partial charge >= 0.3 is 12.4 Å². The Labute approximate surface area is 139 Å². The van der Waals surface area contributed by atoms with Crippen LogP contribution in [0.3, 0.4) is 0 Å². The first-order chi connectivity index (χ1) is 11.6. The van der Waals surface area contributed by atoms with Crippen LogP contribution in [0.5, 0.6) is 5.75 Å². The molecule has 0 atom stereocenters. The summed E-state index contributed by atoms with van der Waals surface area (Å²) < 4.78 is 84.5. The maximum atomic E-state index is 13.0. The third-order valence-electron chi connectivity index (χ3n) is 3.79. The summed E-state index contributed by atoms with van der Waals surface area (Å²) in [6.07, 6.45) is -8.30. The van der Waals surface area contributed by atoms with E-state index in [9.17, 15) is 26.3 Å². The number of para-hydroxylation sites is 1. The van der Waals surface area contributed by atoms with E-state index in [0.717, 1.165) is 5.56 Å². The molecule has 0 amide bonds. The van der Waals surface area contributed by atoms with Crippen LogP contribution in [-0.2, 0) is 12.4 Å². The highest BCUT2D eigenvalue weighted by Gasteiger charge is 2.38. The van der Waals surface area contributed by atoms with Crippen LogP contribution < -0.4 is 4.74 Å². The van der Waals surface area contributed by atoms with Crippen molar-refractivity contribution < 1.29 is 35.7 Å². The molecule has 2 aromatic carbocycles. The van der Waals surface area contributed by atoms with Gasteiger partial charge in [-0.3, -0.25) is 0 Å². The third-order valence-corrected chi connectivity index (χ3v) is 3.79. The van der Waals surface area contributed by atoms with Crippen molar-refractivity contribution in [3.05, 3.63) is 58.7 Å². The Bertz CT molecular complexity index is 819. The number of ether oxygens (including phenoxy) is 1. The van der Waals surface area contributed by atoms with Crippen molar-refractivity contribution in [2.45, 2.75) is 19.3 Å². The molecule has 0 radical (unpaired) electrons. The number of hydrogen-bond donors (Lipinski definition) is 0. The van der Waals surface area contributed by atoms with Gasteiger partial charge in [-0.1, -0.05) is 12.1 Å². The molecule has 0 saturated heterocycles. The summed E-state index contributed by atoms with van der Waals surface area (Å²) in [7, 11) is 0. The second-order valence-corrected chi connectivity index (χ2v) is 5.63. The summed E-state index contributed by atoms with van der Waals surface area (Å²) in [5, 5.41) is 0. The smallest absolute Gasteiger partial charge is 0.416 e. The SMILES string of the molecule is Cc1cccc2c1OC[N+](c1cc(C(F)(F)F)cc(C(F)(F)F)c1)=C2. The lowest BCUT2D eigenvalue weighted by Crippen LogP contribution is -2.22. The highest BCUT2D eigenvalue weighted by Crippen LogP contribution is 2.38. The number of benzene rings is 2. The zero-order chi connectivity index (χ0) is 18.4. The van der Waals surface area contributed by atoms with Crippen LogP contribution in [0, 0.1) is 6.92 Å². The van der Waals surface area contributed by atoms with Crippen molar-refractivity contribution in [1.82, 2.24) is 0 Å². The Hall–Kier alpha value is -2.51. The number of alkyl halides is 6. The average molecular weight is 360 g/mol. The van der Waals surface area contributed by atoms with Gasteiger partial charge in [0.25, 0.3) is 6.73 Å². The van der Waals surface area contributed by atoms with Gasteiger partial charge in [0.1, 0.15) is 5.75 Å². The molecular formula is C17H12F6NO+. The molecule has 0 aromatic heterocycles. The number of nitrogens with zero attached hydrogens (tertiary/aromatic N) is 1. The van der Waals surface area contributed by atoms with Crippen LogP contribution in [0.4, 0.5) is 32.0 Å². The van der Waals surface area contributed by atoms with Crippen LogP contribution in [0.1, 0.15) is 22.3 Å². The molecule has 1 aliphatic heterocycles. The zero-order valence-corrected chi connectivity index (χ0v) is 12.9. The lowest BCUT2D eigenvalue weighted by molar-refractivity contribution is -0.476. The number of hydrogen-bond acceptors (Lipinski definition) is 1. The second-order valence-electron chi connectivity index (χ2n) is 5.63. The quantitative estimate of drug-likeness (QED) is 0.506. The summed E-state index contributed by atoms with van der Waals surface area (Å²) in [6.45, 7) is 1.62. The number of aryl methyl sites for hydroxylation is 1. The number of halogens is 6. The monoisotopic (exact) mass is 360 g/mol. The lowest BCUT2D eigenvalue weighted by Gasteiger charge is -2.17. The molecule has 132 valence electrons. The lowest BCUT2D eigenvalue weighted by atomic mass is 10.1. The molecule has 0 fully saturated rings. The van der Waals surface area contributed by atoms with E-state index < -0.39 is 23.5 Å². The van der Waals surface area contributed by atoms with Crippen LogP contribution in [0.2, 0.25) is 0 Å². The Morgan fingerprint density at radius 2 is 1.52 bits per heavy atom. The summed E-state index contributed by atoms with van der Waals surface area (Å²) in [5.41, 5.74) is -1.55. The van der Waals surface area contributed by atoms with E-state index in [1.54, 1.807) is 25.1 Å². The fourth-order valence-electron chi connectivity index (χ4n) is 2.57. The molecule has 3 rings (SSSR count). The van der Waals surface area contributed by atoms with E-state index in [2.05, 4.69) is 0 Å². The van der Waals surface area contributed by atoms with Gasteiger partial charge in [-0.15, -0.1) is 0 Å². The van der Waals surface area contributed by atoms with Gasteiger partial charge in [-0.2, -0.15) is 30.9 Å². The van der Waals surface area contributed by atoms with Crippen molar-refractivity contribution in [2.24, 2.45) is 0 Å². The summed E-state index contributed by atoms with van der Waals surface area (Å²) >= 11 is 0. The highest BCUT2D eigenvalue weighted by molar-refractivity contribution is 5.82. The Morgan fingerprint density at radius 3 is 2.08 bits per heavy atom. The van der Waals surface area contributed by atoms with E-state index in [-0.39, 0.29) is 18.5 Å². The van der Waals surface area contributed by atoms with Gasteiger partial charge in [0.15, 0.2) is 6.21 Å². The van der Waals surface area contributed by atoms with Crippen LogP contribution in [0.25, 0.3) is 0 Å². The van der Waals surface area contributed by atoms with Gasteiger partial charge in [0, 0.05) is 12.1 Å². The summed E-state index contributed by atoms with van der Waals surface area (Å²) in [4.78, 5) is 0. The van der Waals surface area contributed by atoms with E-state index in [4.69, 9.17) is 4.74 Å². The third kappa shape index (κ3) is 3.47. The normalized spacial score (nSPS) is 14.6. The molecule has 25 heavy (non-hydrogen) atoms. The van der Waals surface area contributed by atoms with Crippen LogP contribution in [0.15, 0.2) is 36.4 Å². The molecule has 0 bridgehead atoms. The van der Waals surface area contributed by atoms with Gasteiger partial charge in [-0.25, -0.2) is 0 Å². The molecule has 8 heteroatoms. The molecule has 0 saturated carbocycles. The molecule has 0 N–H and O–H groups in total. The molecule has 2 aromatic rings. The molecular weight excluding hydrogens is 348 g/mol. The average Bonchev–Trinajstić information content (AvgIpc) is 2.53. The highest BCUT2D eigenvalue weighted by atomic mass is 19.4. The van der Waals surface area contributed by atoms with Crippen molar-refractivity contribution in [2.75, 3.05) is 6.73 Å². The van der Waals surface area contributed by atoms with E-state index in [1.165, 1.54) is 10.8 Å². The fraction of sp³-hybridized carbons (Fsp3) is 0.235. The largest absolute Gasteiger partial charge is 0.435 e. The molecule has 0 spiro atoms. The number of fused-ring (bicyclic) bond motifs is 1. The Kier molecular flexibility index (Phi) is 4.01. The minimum Gasteiger partial charge on any atom is -0.435 e. The van der Waals surface area contributed by atoms with Gasteiger partial charge < -0.3 is 4.74 Å². The number of rotatable bonds is 1. The maximum Gasteiger partial charge on any atom is 0.416 e. The van der Waals surface area contributed by atoms with Crippen molar-refractivity contribution >= 4 is 11.9 Å². The van der Waals surface area contributed by atoms with Gasteiger partial charge in [-0.05, 0) is 24.6 Å². The standard InChI is InChI=1S/C17H12F6NO/c1-10-3-2-4-11-8-24(9-25-15(10)11)14-6-12(16(18,19)20)5-13(7-14)17(21,22)23/h2-8H,9H2,1H3/q+1. The van der Waals surface area contributed by atoms with Gasteiger partial charge in [0.2, 0.25) is 5.69 Å². The summed E-state index contributed by atoms with van der Waals surface area (Å²) in [5.74, 6) is 0.557. The molecule has 0 aliphatic carbocycles. The van der Waals surface area contributed by atoms with Crippen molar-refractivity contribution in [1.29, 1.82) is 0 Å². The molecule has 1 heterocycles. The van der Waals surface area contributed by atoms with Crippen LogP contribution >= 0.6 is 0 Å².